The molecule has 1 unspecified atom stereocenters. The first-order chi connectivity index (χ1) is 33.0. The second kappa shape index (κ2) is 56.7. The van der Waals surface area contributed by atoms with Crippen molar-refractivity contribution in [2.24, 2.45) is 0 Å². The van der Waals surface area contributed by atoms with Gasteiger partial charge in [0.2, 0.25) is 0 Å². The number of hydrogen-bond donors (Lipinski definition) is 0. The Morgan fingerprint density at radius 2 is 0.522 bits per heavy atom. The summed E-state index contributed by atoms with van der Waals surface area (Å²) in [7, 11) is 0. The van der Waals surface area contributed by atoms with Crippen molar-refractivity contribution in [2.75, 3.05) is 13.2 Å². The molecule has 6 nitrogen and oxygen atoms in total. The molecule has 0 spiro atoms. The summed E-state index contributed by atoms with van der Waals surface area (Å²) in [6.45, 7) is 6.64. The van der Waals surface area contributed by atoms with E-state index in [1.807, 2.05) is 0 Å². The van der Waals surface area contributed by atoms with Gasteiger partial charge in [0.1, 0.15) is 13.2 Å². The van der Waals surface area contributed by atoms with Crippen LogP contribution in [0.5, 0.6) is 0 Å². The van der Waals surface area contributed by atoms with Crippen LogP contribution in [0.2, 0.25) is 0 Å². The molecule has 0 rings (SSSR count). The average Bonchev–Trinajstić information content (AvgIpc) is 3.33. The van der Waals surface area contributed by atoms with Crippen molar-refractivity contribution in [3.63, 3.8) is 0 Å². The Bertz CT molecular complexity index is 1040. The zero-order valence-corrected chi connectivity index (χ0v) is 45.5. The minimum Gasteiger partial charge on any atom is -0.462 e. The van der Waals surface area contributed by atoms with E-state index < -0.39 is 6.10 Å². The first kappa shape index (κ1) is 65.1. The van der Waals surface area contributed by atoms with Gasteiger partial charge >= 0.3 is 17.9 Å². The molecule has 0 aromatic heterocycles. The van der Waals surface area contributed by atoms with Crippen LogP contribution in [0.1, 0.15) is 342 Å². The van der Waals surface area contributed by atoms with Gasteiger partial charge in [-0.15, -0.1) is 0 Å². The topological polar surface area (TPSA) is 78.9 Å². The van der Waals surface area contributed by atoms with Crippen molar-refractivity contribution in [1.29, 1.82) is 0 Å². The number of ether oxygens (including phenoxy) is 3. The molecule has 0 aliphatic carbocycles. The Morgan fingerprint density at radius 1 is 0.284 bits per heavy atom. The van der Waals surface area contributed by atoms with Crippen LogP contribution in [-0.2, 0) is 28.6 Å². The molecule has 0 aromatic rings. The minimum atomic E-state index is -0.767. The molecule has 0 aliphatic rings. The molecule has 396 valence electrons. The van der Waals surface area contributed by atoms with Crippen LogP contribution in [0.3, 0.4) is 0 Å². The van der Waals surface area contributed by atoms with Crippen LogP contribution in [0.15, 0.2) is 12.2 Å². The highest BCUT2D eigenvalue weighted by Crippen LogP contribution is 2.18. The van der Waals surface area contributed by atoms with Gasteiger partial charge in [0.25, 0.3) is 0 Å². The van der Waals surface area contributed by atoms with Gasteiger partial charge < -0.3 is 14.2 Å². The van der Waals surface area contributed by atoms with Crippen LogP contribution in [0, 0.1) is 0 Å². The van der Waals surface area contributed by atoms with Crippen LogP contribution in [0.25, 0.3) is 0 Å². The second-order valence-corrected chi connectivity index (χ2v) is 20.6. The Morgan fingerprint density at radius 3 is 0.806 bits per heavy atom. The van der Waals surface area contributed by atoms with Crippen LogP contribution >= 0.6 is 0 Å². The van der Waals surface area contributed by atoms with Crippen molar-refractivity contribution in [1.82, 2.24) is 0 Å². The molecule has 0 N–H and O–H groups in total. The van der Waals surface area contributed by atoms with E-state index in [1.54, 1.807) is 0 Å². The number of esters is 3. The lowest BCUT2D eigenvalue weighted by atomic mass is 10.0. The number of carbonyl (C=O) groups is 3. The van der Waals surface area contributed by atoms with Crippen molar-refractivity contribution in [3.05, 3.63) is 12.2 Å². The highest BCUT2D eigenvalue weighted by atomic mass is 16.6. The second-order valence-electron chi connectivity index (χ2n) is 20.6. The summed E-state index contributed by atoms with van der Waals surface area (Å²) in [5, 5.41) is 0. The maximum Gasteiger partial charge on any atom is 0.306 e. The zero-order valence-electron chi connectivity index (χ0n) is 45.5. The fourth-order valence-corrected chi connectivity index (χ4v) is 9.21. The normalized spacial score (nSPS) is 12.0. The molecule has 1 atom stereocenters. The standard InChI is InChI=1S/C61H116O6/c1-4-7-10-13-16-19-22-24-26-28-29-30-31-32-33-34-36-37-39-42-45-48-51-54-60(63)66-57-58(56-65-59(62)53-50-47-44-41-21-18-15-12-9-6-3)67-61(64)55-52-49-46-43-40-38-35-27-25-23-20-17-14-11-8-5-2/h12,15,58H,4-11,13-14,16-57H2,1-3H3/b15-12-. The van der Waals surface area contributed by atoms with E-state index in [1.165, 1.54) is 231 Å². The van der Waals surface area contributed by atoms with Crippen molar-refractivity contribution in [3.8, 4) is 0 Å². The Labute approximate surface area is 418 Å². The van der Waals surface area contributed by atoms with Gasteiger partial charge in [0.05, 0.1) is 0 Å². The molecule has 0 bridgehead atoms. The van der Waals surface area contributed by atoms with Gasteiger partial charge in [-0.3, -0.25) is 14.4 Å². The average molecular weight is 946 g/mol. The van der Waals surface area contributed by atoms with E-state index in [9.17, 15) is 14.4 Å². The molecule has 0 radical (unpaired) electrons. The monoisotopic (exact) mass is 945 g/mol. The van der Waals surface area contributed by atoms with Crippen LogP contribution in [-0.4, -0.2) is 37.2 Å². The van der Waals surface area contributed by atoms with Gasteiger partial charge in [0, 0.05) is 19.3 Å². The number of unbranched alkanes of at least 4 members (excludes halogenated alkanes) is 43. The van der Waals surface area contributed by atoms with E-state index in [4.69, 9.17) is 14.2 Å². The molecule has 67 heavy (non-hydrogen) atoms. The van der Waals surface area contributed by atoms with Crippen molar-refractivity contribution >= 4 is 17.9 Å². The van der Waals surface area contributed by atoms with Crippen molar-refractivity contribution < 1.29 is 28.6 Å². The van der Waals surface area contributed by atoms with Gasteiger partial charge in [0.15, 0.2) is 6.10 Å². The van der Waals surface area contributed by atoms with Gasteiger partial charge in [-0.25, -0.2) is 0 Å². The highest BCUT2D eigenvalue weighted by Gasteiger charge is 2.19. The SMILES string of the molecule is CCC/C=C\CCCCCCCC(=O)OCC(COC(=O)CCCCCCCCCCCCCCCCCCCCCCCCC)OC(=O)CCCCCCCCCCCCCCCCCC. The first-order valence-electron chi connectivity index (χ1n) is 30.2. The minimum absolute atomic E-state index is 0.0666. The van der Waals surface area contributed by atoms with Gasteiger partial charge in [-0.1, -0.05) is 296 Å². The quantitative estimate of drug-likeness (QED) is 0.0262. The summed E-state index contributed by atoms with van der Waals surface area (Å²) in [6, 6.07) is 0. The third kappa shape index (κ3) is 55.0. The summed E-state index contributed by atoms with van der Waals surface area (Å²) in [5.74, 6) is -0.853. The maximum atomic E-state index is 12.8. The first-order valence-corrected chi connectivity index (χ1v) is 30.2. The van der Waals surface area contributed by atoms with E-state index in [2.05, 4.69) is 32.9 Å². The van der Waals surface area contributed by atoms with Crippen LogP contribution in [0.4, 0.5) is 0 Å². The van der Waals surface area contributed by atoms with Crippen molar-refractivity contribution in [2.45, 2.75) is 348 Å². The summed E-state index contributed by atoms with van der Waals surface area (Å²) in [4.78, 5) is 38.1. The number of hydrogen-bond acceptors (Lipinski definition) is 6. The lowest BCUT2D eigenvalue weighted by Gasteiger charge is -2.18. The Balaban J connectivity index is 4.17. The highest BCUT2D eigenvalue weighted by molar-refractivity contribution is 5.71. The summed E-state index contributed by atoms with van der Waals surface area (Å²) in [6.07, 6.45) is 65.1. The lowest BCUT2D eigenvalue weighted by Crippen LogP contribution is -2.30. The Kier molecular flexibility index (Phi) is 55.2. The predicted octanol–water partition coefficient (Wildman–Crippen LogP) is 20.1. The van der Waals surface area contributed by atoms with E-state index >= 15 is 0 Å². The third-order valence-corrected chi connectivity index (χ3v) is 13.8. The molecule has 0 aromatic carbocycles. The lowest BCUT2D eigenvalue weighted by molar-refractivity contribution is -0.167. The fraction of sp³-hybridized carbons (Fsp3) is 0.918. The number of rotatable bonds is 56. The Hall–Kier alpha value is -1.85. The van der Waals surface area contributed by atoms with Gasteiger partial charge in [-0.2, -0.15) is 0 Å². The van der Waals surface area contributed by atoms with E-state index in [0.29, 0.717) is 19.3 Å². The van der Waals surface area contributed by atoms with Crippen LogP contribution < -0.4 is 0 Å². The molecule has 0 saturated heterocycles. The molecular weight excluding hydrogens is 829 g/mol. The molecule has 0 aliphatic heterocycles. The maximum absolute atomic E-state index is 12.8. The zero-order chi connectivity index (χ0) is 48.6. The molecular formula is C61H116O6. The fourth-order valence-electron chi connectivity index (χ4n) is 9.21. The molecule has 0 fully saturated rings. The molecule has 6 heteroatoms. The smallest absolute Gasteiger partial charge is 0.306 e. The molecule has 0 amide bonds. The van der Waals surface area contributed by atoms with E-state index in [0.717, 1.165) is 70.6 Å². The van der Waals surface area contributed by atoms with E-state index in [-0.39, 0.29) is 31.1 Å². The largest absolute Gasteiger partial charge is 0.462 e. The van der Waals surface area contributed by atoms with Gasteiger partial charge in [-0.05, 0) is 38.5 Å². The molecule has 0 saturated carbocycles. The number of carbonyl (C=O) groups excluding carboxylic acids is 3. The number of allylic oxidation sites excluding steroid dienone is 2. The summed E-state index contributed by atoms with van der Waals surface area (Å²) < 4.78 is 16.9. The summed E-state index contributed by atoms with van der Waals surface area (Å²) in [5.41, 5.74) is 0. The molecule has 0 heterocycles. The predicted molar refractivity (Wildman–Crippen MR) is 289 cm³/mol. The third-order valence-electron chi connectivity index (χ3n) is 13.8. The summed E-state index contributed by atoms with van der Waals surface area (Å²) >= 11 is 0.